The highest BCUT2D eigenvalue weighted by Gasteiger charge is 2.20. The number of carbonyl (C=O) groups is 1. The summed E-state index contributed by atoms with van der Waals surface area (Å²) in [6.07, 6.45) is 2.70. The van der Waals surface area contributed by atoms with Gasteiger partial charge in [-0.2, -0.15) is 4.98 Å². The Morgan fingerprint density at radius 1 is 1.24 bits per heavy atom. The van der Waals surface area contributed by atoms with Crippen molar-refractivity contribution in [2.45, 2.75) is 52.1 Å². The van der Waals surface area contributed by atoms with Crippen LogP contribution in [0, 0.1) is 0 Å². The molecule has 5 nitrogen and oxygen atoms in total. The molecule has 0 spiro atoms. The van der Waals surface area contributed by atoms with Crippen molar-refractivity contribution < 1.29 is 14.1 Å². The largest absolute Gasteiger partial charge is 0.457 e. The number of nitrogens with zero attached hydrogens (tertiary/aromatic N) is 2. The number of aryl methyl sites for hydroxylation is 2. The van der Waals surface area contributed by atoms with E-state index < -0.39 is 11.6 Å². The maximum absolute atomic E-state index is 11.9. The van der Waals surface area contributed by atoms with Crippen LogP contribution in [0.15, 0.2) is 40.9 Å². The van der Waals surface area contributed by atoms with Crippen molar-refractivity contribution in [2.75, 3.05) is 0 Å². The van der Waals surface area contributed by atoms with E-state index in [1.165, 1.54) is 5.56 Å². The van der Waals surface area contributed by atoms with Crippen molar-refractivity contribution in [3.63, 3.8) is 0 Å². The van der Waals surface area contributed by atoms with Gasteiger partial charge in [0.2, 0.25) is 5.89 Å². The Morgan fingerprint density at radius 2 is 1.92 bits per heavy atom. The number of aromatic nitrogens is 2. The molecule has 2 rings (SSSR count). The van der Waals surface area contributed by atoms with E-state index in [0.717, 1.165) is 17.9 Å². The molecule has 0 saturated carbocycles. The number of benzene rings is 1. The zero-order chi connectivity index (χ0) is 18.4. The molecule has 134 valence electrons. The van der Waals surface area contributed by atoms with Gasteiger partial charge in [0.05, 0.1) is 6.42 Å². The lowest BCUT2D eigenvalue weighted by molar-refractivity contribution is -0.150. The third kappa shape index (κ3) is 6.70. The molecule has 0 fully saturated rings. The molecule has 1 aromatic carbocycles. The number of hydrogen-bond donors (Lipinski definition) is 0. The molecule has 0 bridgehead atoms. The number of ether oxygens (including phenoxy) is 1. The van der Waals surface area contributed by atoms with E-state index in [2.05, 4.69) is 16.7 Å². The summed E-state index contributed by atoms with van der Waals surface area (Å²) in [5, 5.41) is 4.68. The van der Waals surface area contributed by atoms with E-state index in [4.69, 9.17) is 20.9 Å². The van der Waals surface area contributed by atoms with Crippen LogP contribution in [0.1, 0.15) is 44.5 Å². The first-order chi connectivity index (χ1) is 11.7. The Kier molecular flexibility index (Phi) is 6.37. The van der Waals surface area contributed by atoms with E-state index in [1.807, 2.05) is 45.0 Å². The SMILES string of the molecule is C=C(Cc1nc(CCCc2ccc(Cl)cc2)no1)C(=O)OC(C)(C)C. The molecule has 0 aliphatic heterocycles. The van der Waals surface area contributed by atoms with Crippen LogP contribution in [-0.4, -0.2) is 21.7 Å². The molecule has 1 aromatic heterocycles. The van der Waals surface area contributed by atoms with Crippen molar-refractivity contribution >= 4 is 17.6 Å². The molecule has 0 unspecified atom stereocenters. The summed E-state index contributed by atoms with van der Waals surface area (Å²) in [5.74, 6) is 0.549. The summed E-state index contributed by atoms with van der Waals surface area (Å²) >= 11 is 5.87. The highest BCUT2D eigenvalue weighted by atomic mass is 35.5. The summed E-state index contributed by atoms with van der Waals surface area (Å²) in [7, 11) is 0. The van der Waals surface area contributed by atoms with Crippen molar-refractivity contribution in [2.24, 2.45) is 0 Å². The van der Waals surface area contributed by atoms with Crippen LogP contribution in [0.25, 0.3) is 0 Å². The molecule has 2 aromatic rings. The normalized spacial score (nSPS) is 11.4. The van der Waals surface area contributed by atoms with Crippen molar-refractivity contribution in [1.82, 2.24) is 10.1 Å². The Labute approximate surface area is 153 Å². The standard InChI is InChI=1S/C19H23ClN2O3/c1-13(18(23)24-19(2,3)4)12-17-21-16(22-25-17)7-5-6-14-8-10-15(20)11-9-14/h8-11H,1,5-7,12H2,2-4H3. The molecule has 0 atom stereocenters. The van der Waals surface area contributed by atoms with E-state index in [0.29, 0.717) is 23.7 Å². The zero-order valence-corrected chi connectivity index (χ0v) is 15.6. The molecule has 0 aliphatic carbocycles. The maximum Gasteiger partial charge on any atom is 0.334 e. The molecule has 0 N–H and O–H groups in total. The lowest BCUT2D eigenvalue weighted by Gasteiger charge is -2.19. The highest BCUT2D eigenvalue weighted by molar-refractivity contribution is 6.30. The summed E-state index contributed by atoms with van der Waals surface area (Å²) in [6.45, 7) is 9.17. The first kappa shape index (κ1) is 19.2. The molecule has 1 heterocycles. The van der Waals surface area contributed by atoms with E-state index >= 15 is 0 Å². The fraction of sp³-hybridized carbons (Fsp3) is 0.421. The first-order valence-electron chi connectivity index (χ1n) is 8.20. The van der Waals surface area contributed by atoms with Crippen LogP contribution in [0.3, 0.4) is 0 Å². The predicted molar refractivity (Wildman–Crippen MR) is 96.5 cm³/mol. The number of hydrogen-bond acceptors (Lipinski definition) is 5. The lowest BCUT2D eigenvalue weighted by atomic mass is 10.1. The first-order valence-corrected chi connectivity index (χ1v) is 8.58. The van der Waals surface area contributed by atoms with Gasteiger partial charge in [0.15, 0.2) is 5.82 Å². The van der Waals surface area contributed by atoms with Crippen LogP contribution >= 0.6 is 11.6 Å². The predicted octanol–water partition coefficient (Wildman–Crippen LogP) is 4.34. The van der Waals surface area contributed by atoms with Crippen molar-refractivity contribution in [3.05, 3.63) is 58.7 Å². The minimum atomic E-state index is -0.554. The third-order valence-corrected chi connectivity index (χ3v) is 3.59. The fourth-order valence-corrected chi connectivity index (χ4v) is 2.30. The number of halogens is 1. The Hall–Kier alpha value is -2.14. The molecule has 0 amide bonds. The average Bonchev–Trinajstić information content (AvgIpc) is 2.95. The van der Waals surface area contributed by atoms with Crippen LogP contribution < -0.4 is 0 Å². The monoisotopic (exact) mass is 362 g/mol. The third-order valence-electron chi connectivity index (χ3n) is 3.34. The second-order valence-corrected chi connectivity index (χ2v) is 7.30. The number of esters is 1. The molecule has 0 radical (unpaired) electrons. The molecule has 25 heavy (non-hydrogen) atoms. The minimum absolute atomic E-state index is 0.194. The summed E-state index contributed by atoms with van der Waals surface area (Å²) in [5.41, 5.74) is 0.958. The Morgan fingerprint density at radius 3 is 2.56 bits per heavy atom. The van der Waals surface area contributed by atoms with Gasteiger partial charge in [-0.1, -0.05) is 35.5 Å². The van der Waals surface area contributed by atoms with Gasteiger partial charge in [-0.15, -0.1) is 0 Å². The lowest BCUT2D eigenvalue weighted by Crippen LogP contribution is -2.25. The van der Waals surface area contributed by atoms with Crippen LogP contribution in [-0.2, 0) is 28.8 Å². The second kappa shape index (κ2) is 8.30. The molecule has 6 heteroatoms. The summed E-state index contributed by atoms with van der Waals surface area (Å²) < 4.78 is 10.4. The molecular formula is C19H23ClN2O3. The van der Waals surface area contributed by atoms with Gasteiger partial charge in [-0.25, -0.2) is 4.79 Å². The molecule has 0 saturated heterocycles. The average molecular weight is 363 g/mol. The van der Waals surface area contributed by atoms with Gasteiger partial charge < -0.3 is 9.26 Å². The van der Waals surface area contributed by atoms with Gasteiger partial charge in [-0.05, 0) is 51.3 Å². The number of rotatable bonds is 7. The van der Waals surface area contributed by atoms with Gasteiger partial charge in [-0.3, -0.25) is 0 Å². The van der Waals surface area contributed by atoms with Crippen molar-refractivity contribution in [3.8, 4) is 0 Å². The second-order valence-electron chi connectivity index (χ2n) is 6.87. The maximum atomic E-state index is 11.9. The number of carbonyl (C=O) groups excluding carboxylic acids is 1. The fourth-order valence-electron chi connectivity index (χ4n) is 2.17. The summed E-state index contributed by atoms with van der Waals surface area (Å²) in [6, 6.07) is 7.78. The summed E-state index contributed by atoms with van der Waals surface area (Å²) in [4.78, 5) is 16.2. The Balaban J connectivity index is 1.80. The van der Waals surface area contributed by atoms with Gasteiger partial charge in [0, 0.05) is 17.0 Å². The minimum Gasteiger partial charge on any atom is -0.457 e. The van der Waals surface area contributed by atoms with Crippen LogP contribution in [0.4, 0.5) is 0 Å². The van der Waals surface area contributed by atoms with E-state index in [9.17, 15) is 4.79 Å². The van der Waals surface area contributed by atoms with Crippen LogP contribution in [0.2, 0.25) is 5.02 Å². The van der Waals surface area contributed by atoms with E-state index in [1.54, 1.807) is 0 Å². The van der Waals surface area contributed by atoms with Gasteiger partial charge in [0.1, 0.15) is 5.60 Å². The van der Waals surface area contributed by atoms with Gasteiger partial charge >= 0.3 is 5.97 Å². The van der Waals surface area contributed by atoms with Gasteiger partial charge in [0.25, 0.3) is 0 Å². The molecule has 0 aliphatic rings. The highest BCUT2D eigenvalue weighted by Crippen LogP contribution is 2.14. The zero-order valence-electron chi connectivity index (χ0n) is 14.8. The van der Waals surface area contributed by atoms with Crippen LogP contribution in [0.5, 0.6) is 0 Å². The smallest absolute Gasteiger partial charge is 0.334 e. The molecular weight excluding hydrogens is 340 g/mol. The Bertz CT molecular complexity index is 730. The quantitative estimate of drug-likeness (QED) is 0.541. The topological polar surface area (TPSA) is 65.2 Å². The van der Waals surface area contributed by atoms with E-state index in [-0.39, 0.29) is 6.42 Å². The van der Waals surface area contributed by atoms with Crippen molar-refractivity contribution in [1.29, 1.82) is 0 Å².